The molecule has 142 valence electrons. The van der Waals surface area contributed by atoms with Crippen molar-refractivity contribution >= 4 is 5.96 Å². The first-order valence-corrected chi connectivity index (χ1v) is 9.72. The standard InChI is InChI=1S/C18H34N6O/c1-4-17-22-21-15-24(17)13-10-20-18(19-9-6-14-25-5-2)23-11-7-16(3)8-12-23/h15-16H,4-14H2,1-3H3,(H,19,20). The number of aromatic nitrogens is 3. The van der Waals surface area contributed by atoms with Crippen LogP contribution in [0.4, 0.5) is 0 Å². The second-order valence-electron chi connectivity index (χ2n) is 6.65. The second kappa shape index (κ2) is 11.1. The number of rotatable bonds is 9. The molecule has 2 heterocycles. The molecule has 7 heteroatoms. The Morgan fingerprint density at radius 2 is 2.16 bits per heavy atom. The molecule has 1 aliphatic heterocycles. The lowest BCUT2D eigenvalue weighted by molar-refractivity contribution is 0.146. The van der Waals surface area contributed by atoms with Gasteiger partial charge in [-0.05, 0) is 32.1 Å². The van der Waals surface area contributed by atoms with Gasteiger partial charge < -0.3 is 19.5 Å². The van der Waals surface area contributed by atoms with Gasteiger partial charge >= 0.3 is 0 Å². The molecule has 0 bridgehead atoms. The minimum atomic E-state index is 0.775. The van der Waals surface area contributed by atoms with Crippen molar-refractivity contribution in [3.63, 3.8) is 0 Å². The fourth-order valence-corrected chi connectivity index (χ4v) is 3.01. The van der Waals surface area contributed by atoms with Gasteiger partial charge in [0, 0.05) is 52.4 Å². The van der Waals surface area contributed by atoms with Crippen LogP contribution in [0.2, 0.25) is 0 Å². The van der Waals surface area contributed by atoms with Crippen LogP contribution in [-0.2, 0) is 17.7 Å². The maximum Gasteiger partial charge on any atom is 0.193 e. The van der Waals surface area contributed by atoms with E-state index in [9.17, 15) is 0 Å². The summed E-state index contributed by atoms with van der Waals surface area (Å²) in [5, 5.41) is 11.7. The molecule has 0 amide bonds. The third-order valence-corrected chi connectivity index (χ3v) is 4.64. The molecule has 0 unspecified atom stereocenters. The smallest absolute Gasteiger partial charge is 0.193 e. The van der Waals surface area contributed by atoms with E-state index >= 15 is 0 Å². The molecular weight excluding hydrogens is 316 g/mol. The van der Waals surface area contributed by atoms with Crippen LogP contribution in [0.15, 0.2) is 11.3 Å². The zero-order valence-electron chi connectivity index (χ0n) is 16.1. The van der Waals surface area contributed by atoms with Crippen LogP contribution in [0.5, 0.6) is 0 Å². The Kier molecular flexibility index (Phi) is 8.72. The molecule has 7 nitrogen and oxygen atoms in total. The van der Waals surface area contributed by atoms with Crippen molar-refractivity contribution in [1.29, 1.82) is 0 Å². The fraction of sp³-hybridized carbons (Fsp3) is 0.833. The Morgan fingerprint density at radius 1 is 1.36 bits per heavy atom. The number of guanidine groups is 1. The van der Waals surface area contributed by atoms with Gasteiger partial charge in [-0.25, -0.2) is 0 Å². The molecular formula is C18H34N6O. The van der Waals surface area contributed by atoms with Gasteiger partial charge in [-0.2, -0.15) is 0 Å². The number of ether oxygens (including phenoxy) is 1. The first-order chi connectivity index (χ1) is 12.2. The molecule has 1 N–H and O–H groups in total. The fourth-order valence-electron chi connectivity index (χ4n) is 3.01. The van der Waals surface area contributed by atoms with E-state index in [1.54, 1.807) is 0 Å². The summed E-state index contributed by atoms with van der Waals surface area (Å²) in [6.45, 7) is 12.7. The monoisotopic (exact) mass is 350 g/mol. The lowest BCUT2D eigenvalue weighted by Gasteiger charge is -2.33. The second-order valence-corrected chi connectivity index (χ2v) is 6.65. The summed E-state index contributed by atoms with van der Waals surface area (Å²) in [7, 11) is 0. The summed E-state index contributed by atoms with van der Waals surface area (Å²) >= 11 is 0. The molecule has 0 saturated carbocycles. The summed E-state index contributed by atoms with van der Waals surface area (Å²) in [4.78, 5) is 7.21. The lowest BCUT2D eigenvalue weighted by atomic mass is 10.00. The molecule has 2 rings (SSSR count). The van der Waals surface area contributed by atoms with E-state index in [1.807, 2.05) is 13.3 Å². The van der Waals surface area contributed by atoms with E-state index in [0.29, 0.717) is 0 Å². The van der Waals surface area contributed by atoms with Crippen molar-refractivity contribution in [3.8, 4) is 0 Å². The molecule has 1 aromatic heterocycles. The quantitative estimate of drug-likeness (QED) is 0.419. The van der Waals surface area contributed by atoms with E-state index < -0.39 is 0 Å². The third-order valence-electron chi connectivity index (χ3n) is 4.64. The molecule has 0 aromatic carbocycles. The highest BCUT2D eigenvalue weighted by atomic mass is 16.5. The number of nitrogens with one attached hydrogen (secondary N) is 1. The largest absolute Gasteiger partial charge is 0.382 e. The SMILES string of the molecule is CCOCCCN=C(NCCn1cnnc1CC)N1CCC(C)CC1. The van der Waals surface area contributed by atoms with E-state index in [1.165, 1.54) is 12.8 Å². The normalized spacial score (nSPS) is 16.4. The Morgan fingerprint density at radius 3 is 2.88 bits per heavy atom. The van der Waals surface area contributed by atoms with Crippen molar-refractivity contribution in [1.82, 2.24) is 25.0 Å². The van der Waals surface area contributed by atoms with Gasteiger partial charge in [-0.15, -0.1) is 10.2 Å². The van der Waals surface area contributed by atoms with Crippen LogP contribution in [0.1, 0.15) is 45.9 Å². The molecule has 0 spiro atoms. The van der Waals surface area contributed by atoms with Crippen molar-refractivity contribution in [2.75, 3.05) is 39.4 Å². The highest BCUT2D eigenvalue weighted by molar-refractivity contribution is 5.80. The Bertz CT molecular complexity index is 507. The van der Waals surface area contributed by atoms with E-state index in [-0.39, 0.29) is 0 Å². The molecule has 1 aromatic rings. The van der Waals surface area contributed by atoms with Gasteiger partial charge in [-0.1, -0.05) is 13.8 Å². The summed E-state index contributed by atoms with van der Waals surface area (Å²) in [5.74, 6) is 2.89. The van der Waals surface area contributed by atoms with Gasteiger partial charge in [0.05, 0.1) is 0 Å². The molecule has 1 saturated heterocycles. The zero-order chi connectivity index (χ0) is 17.9. The number of piperidine rings is 1. The van der Waals surface area contributed by atoms with E-state index in [4.69, 9.17) is 9.73 Å². The van der Waals surface area contributed by atoms with E-state index in [2.05, 4.69) is 38.8 Å². The highest BCUT2D eigenvalue weighted by Crippen LogP contribution is 2.15. The van der Waals surface area contributed by atoms with Crippen LogP contribution in [0, 0.1) is 5.92 Å². The Balaban J connectivity index is 1.85. The molecule has 0 aliphatic carbocycles. The topological polar surface area (TPSA) is 67.6 Å². The molecule has 1 aliphatic rings. The highest BCUT2D eigenvalue weighted by Gasteiger charge is 2.18. The summed E-state index contributed by atoms with van der Waals surface area (Å²) < 4.78 is 7.52. The van der Waals surface area contributed by atoms with Crippen LogP contribution in [0.25, 0.3) is 0 Å². The van der Waals surface area contributed by atoms with Crippen LogP contribution < -0.4 is 5.32 Å². The average molecular weight is 351 g/mol. The number of aliphatic imine (C=N–C) groups is 1. The minimum Gasteiger partial charge on any atom is -0.382 e. The maximum absolute atomic E-state index is 5.41. The van der Waals surface area contributed by atoms with Gasteiger partial charge in [0.25, 0.3) is 0 Å². The van der Waals surface area contributed by atoms with Crippen molar-refractivity contribution in [2.24, 2.45) is 10.9 Å². The minimum absolute atomic E-state index is 0.775. The predicted octanol–water partition coefficient (Wildman–Crippen LogP) is 1.94. The predicted molar refractivity (Wildman–Crippen MR) is 101 cm³/mol. The van der Waals surface area contributed by atoms with Gasteiger partial charge in [0.2, 0.25) is 0 Å². The summed E-state index contributed by atoms with van der Waals surface area (Å²) in [5.41, 5.74) is 0. The lowest BCUT2D eigenvalue weighted by Crippen LogP contribution is -2.46. The number of hydrogen-bond donors (Lipinski definition) is 1. The Hall–Kier alpha value is -1.63. The molecule has 0 atom stereocenters. The van der Waals surface area contributed by atoms with Crippen molar-refractivity contribution in [2.45, 2.75) is 53.0 Å². The molecule has 25 heavy (non-hydrogen) atoms. The van der Waals surface area contributed by atoms with Gasteiger partial charge in [-0.3, -0.25) is 4.99 Å². The maximum atomic E-state index is 5.41. The summed E-state index contributed by atoms with van der Waals surface area (Å²) in [6, 6.07) is 0. The van der Waals surface area contributed by atoms with Crippen LogP contribution in [0.3, 0.4) is 0 Å². The van der Waals surface area contributed by atoms with Gasteiger partial charge in [0.15, 0.2) is 5.96 Å². The van der Waals surface area contributed by atoms with Crippen LogP contribution in [-0.4, -0.2) is 65.0 Å². The number of nitrogens with zero attached hydrogens (tertiary/aromatic N) is 5. The Labute approximate surface area is 151 Å². The molecule has 0 radical (unpaired) electrons. The first-order valence-electron chi connectivity index (χ1n) is 9.72. The zero-order valence-corrected chi connectivity index (χ0v) is 16.1. The van der Waals surface area contributed by atoms with Crippen LogP contribution >= 0.6 is 0 Å². The van der Waals surface area contributed by atoms with Crippen molar-refractivity contribution < 1.29 is 4.74 Å². The van der Waals surface area contributed by atoms with E-state index in [0.717, 1.165) is 76.5 Å². The number of likely N-dealkylation sites (tertiary alicyclic amines) is 1. The van der Waals surface area contributed by atoms with Gasteiger partial charge in [0.1, 0.15) is 12.2 Å². The average Bonchev–Trinajstić information content (AvgIpc) is 3.08. The first kappa shape index (κ1) is 19.7. The number of aryl methyl sites for hydroxylation is 1. The number of hydrogen-bond acceptors (Lipinski definition) is 4. The van der Waals surface area contributed by atoms with Crippen molar-refractivity contribution in [3.05, 3.63) is 12.2 Å². The summed E-state index contributed by atoms with van der Waals surface area (Å²) in [6.07, 6.45) is 6.16. The molecule has 1 fully saturated rings. The third kappa shape index (κ3) is 6.65.